The van der Waals surface area contributed by atoms with Gasteiger partial charge in [0, 0.05) is 37.1 Å². The van der Waals surface area contributed by atoms with E-state index in [0.29, 0.717) is 6.42 Å². The third-order valence-electron chi connectivity index (χ3n) is 6.48. The fourth-order valence-electron chi connectivity index (χ4n) is 4.10. The van der Waals surface area contributed by atoms with Gasteiger partial charge in [0.25, 0.3) is 0 Å². The maximum absolute atomic E-state index is 11.4. The first-order valence-corrected chi connectivity index (χ1v) is 10.2. The molecule has 1 amide bonds. The number of nitrogens with zero attached hydrogens (tertiary/aromatic N) is 1. The SMILES string of the molecule is CC1(C)OB(c2cc(Cl)c3c(c2)CCN(C[C@@H]2CCC(=O)N2)C3)OC1(C)C. The molecule has 0 aromatic heterocycles. The Morgan fingerprint density at radius 1 is 1.22 bits per heavy atom. The van der Waals surface area contributed by atoms with Crippen LogP contribution in [-0.4, -0.2) is 48.3 Å². The fraction of sp³-hybridized carbons (Fsp3) is 0.650. The molecule has 7 heteroatoms. The highest BCUT2D eigenvalue weighted by molar-refractivity contribution is 6.62. The summed E-state index contributed by atoms with van der Waals surface area (Å²) in [5.41, 5.74) is 2.74. The first kappa shape index (κ1) is 19.3. The summed E-state index contributed by atoms with van der Waals surface area (Å²) in [5, 5.41) is 3.83. The molecule has 0 aliphatic carbocycles. The molecule has 146 valence electrons. The monoisotopic (exact) mass is 390 g/mol. The molecule has 2 fully saturated rings. The zero-order valence-corrected chi connectivity index (χ0v) is 17.4. The number of hydrogen-bond acceptors (Lipinski definition) is 4. The van der Waals surface area contributed by atoms with Gasteiger partial charge in [-0.05, 0) is 63.2 Å². The van der Waals surface area contributed by atoms with E-state index in [9.17, 15) is 4.79 Å². The highest BCUT2D eigenvalue weighted by Gasteiger charge is 2.51. The van der Waals surface area contributed by atoms with E-state index in [1.165, 1.54) is 11.1 Å². The van der Waals surface area contributed by atoms with Gasteiger partial charge in [0.15, 0.2) is 0 Å². The van der Waals surface area contributed by atoms with Crippen LogP contribution < -0.4 is 10.8 Å². The molecule has 3 aliphatic heterocycles. The first-order chi connectivity index (χ1) is 12.6. The number of rotatable bonds is 3. The number of amides is 1. The Bertz CT molecular complexity index is 752. The van der Waals surface area contributed by atoms with Crippen molar-refractivity contribution >= 4 is 30.1 Å². The Hall–Kier alpha value is -1.08. The molecule has 27 heavy (non-hydrogen) atoms. The summed E-state index contributed by atoms with van der Waals surface area (Å²) in [6.07, 6.45) is 2.52. The summed E-state index contributed by atoms with van der Waals surface area (Å²) in [6, 6.07) is 4.45. The molecule has 1 aromatic rings. The predicted molar refractivity (Wildman–Crippen MR) is 107 cm³/mol. The van der Waals surface area contributed by atoms with Crippen LogP contribution in [-0.2, 0) is 27.1 Å². The highest BCUT2D eigenvalue weighted by Crippen LogP contribution is 2.37. The summed E-state index contributed by atoms with van der Waals surface area (Å²) in [5.74, 6) is 0.169. The molecule has 0 saturated carbocycles. The van der Waals surface area contributed by atoms with E-state index >= 15 is 0 Å². The lowest BCUT2D eigenvalue weighted by Crippen LogP contribution is -2.42. The van der Waals surface area contributed by atoms with Crippen molar-refractivity contribution in [2.45, 2.75) is 70.7 Å². The molecular weight excluding hydrogens is 362 g/mol. The Balaban J connectivity index is 1.49. The van der Waals surface area contributed by atoms with E-state index in [0.717, 1.165) is 43.0 Å². The molecule has 0 bridgehead atoms. The van der Waals surface area contributed by atoms with Crippen molar-refractivity contribution in [3.05, 3.63) is 28.3 Å². The number of hydrogen-bond donors (Lipinski definition) is 1. The second-order valence-corrected chi connectivity index (χ2v) is 9.42. The average molecular weight is 391 g/mol. The van der Waals surface area contributed by atoms with Gasteiger partial charge in [0.05, 0.1) is 11.2 Å². The number of fused-ring (bicyclic) bond motifs is 1. The van der Waals surface area contributed by atoms with Crippen molar-refractivity contribution in [3.63, 3.8) is 0 Å². The molecule has 3 heterocycles. The number of carbonyl (C=O) groups is 1. The van der Waals surface area contributed by atoms with Gasteiger partial charge < -0.3 is 14.6 Å². The normalized spacial score (nSPS) is 26.9. The minimum absolute atomic E-state index is 0.169. The van der Waals surface area contributed by atoms with Crippen LogP contribution in [0.25, 0.3) is 0 Å². The zero-order chi connectivity index (χ0) is 19.4. The summed E-state index contributed by atoms with van der Waals surface area (Å²) in [4.78, 5) is 13.8. The molecule has 0 radical (unpaired) electrons. The van der Waals surface area contributed by atoms with Gasteiger partial charge in [-0.15, -0.1) is 0 Å². The molecule has 0 unspecified atom stereocenters. The van der Waals surface area contributed by atoms with Gasteiger partial charge in [-0.2, -0.15) is 0 Å². The topological polar surface area (TPSA) is 50.8 Å². The molecule has 1 atom stereocenters. The van der Waals surface area contributed by atoms with E-state index in [1.54, 1.807) is 0 Å². The lowest BCUT2D eigenvalue weighted by molar-refractivity contribution is -0.119. The van der Waals surface area contributed by atoms with Gasteiger partial charge in [-0.3, -0.25) is 9.69 Å². The largest absolute Gasteiger partial charge is 0.494 e. The van der Waals surface area contributed by atoms with Crippen molar-refractivity contribution in [3.8, 4) is 0 Å². The van der Waals surface area contributed by atoms with Crippen molar-refractivity contribution < 1.29 is 14.1 Å². The van der Waals surface area contributed by atoms with Crippen LogP contribution in [0.4, 0.5) is 0 Å². The number of nitrogens with one attached hydrogen (secondary N) is 1. The predicted octanol–water partition coefficient (Wildman–Crippen LogP) is 2.28. The second kappa shape index (κ2) is 6.76. The van der Waals surface area contributed by atoms with E-state index in [4.69, 9.17) is 20.9 Å². The van der Waals surface area contributed by atoms with Gasteiger partial charge in [0.2, 0.25) is 5.91 Å². The van der Waals surface area contributed by atoms with Crippen LogP contribution in [0.3, 0.4) is 0 Å². The summed E-state index contributed by atoms with van der Waals surface area (Å²) < 4.78 is 12.4. The molecular formula is C20H28BClN2O3. The quantitative estimate of drug-likeness (QED) is 0.805. The van der Waals surface area contributed by atoms with E-state index < -0.39 is 0 Å². The maximum atomic E-state index is 11.4. The Kier molecular flexibility index (Phi) is 4.82. The van der Waals surface area contributed by atoms with Crippen LogP contribution in [0.2, 0.25) is 5.02 Å². The lowest BCUT2D eigenvalue weighted by atomic mass is 9.77. The fourth-order valence-corrected chi connectivity index (χ4v) is 4.40. The van der Waals surface area contributed by atoms with Crippen LogP contribution in [0, 0.1) is 0 Å². The van der Waals surface area contributed by atoms with E-state index in [1.807, 2.05) is 6.07 Å². The number of halogens is 1. The van der Waals surface area contributed by atoms with Crippen molar-refractivity contribution in [1.29, 1.82) is 0 Å². The second-order valence-electron chi connectivity index (χ2n) is 9.02. The first-order valence-electron chi connectivity index (χ1n) is 9.83. The van der Waals surface area contributed by atoms with Crippen LogP contribution in [0.5, 0.6) is 0 Å². The standard InChI is InChI=1S/C20H28BClN2O3/c1-19(2)20(3,4)27-21(26-19)14-9-13-7-8-24(12-16(13)17(22)10-14)11-15-5-6-18(25)23-15/h9-10,15H,5-8,11-12H2,1-4H3,(H,23,25)/t15-/m0/s1. The van der Waals surface area contributed by atoms with Gasteiger partial charge in [-0.25, -0.2) is 0 Å². The van der Waals surface area contributed by atoms with Crippen LogP contribution >= 0.6 is 11.6 Å². The van der Waals surface area contributed by atoms with Crippen molar-refractivity contribution in [2.75, 3.05) is 13.1 Å². The molecule has 0 spiro atoms. The lowest BCUT2D eigenvalue weighted by Gasteiger charge is -2.32. The molecule has 3 aliphatic rings. The molecule has 4 rings (SSSR count). The minimum Gasteiger partial charge on any atom is -0.399 e. The van der Waals surface area contributed by atoms with Crippen LogP contribution in [0.15, 0.2) is 12.1 Å². The molecule has 5 nitrogen and oxygen atoms in total. The smallest absolute Gasteiger partial charge is 0.399 e. The number of benzene rings is 1. The van der Waals surface area contributed by atoms with Gasteiger partial charge >= 0.3 is 7.12 Å². The molecule has 1 aromatic carbocycles. The molecule has 1 N–H and O–H groups in total. The van der Waals surface area contributed by atoms with Crippen molar-refractivity contribution in [2.24, 2.45) is 0 Å². The Morgan fingerprint density at radius 2 is 1.93 bits per heavy atom. The third-order valence-corrected chi connectivity index (χ3v) is 6.82. The average Bonchev–Trinajstić information content (AvgIpc) is 3.08. The van der Waals surface area contributed by atoms with Crippen molar-refractivity contribution in [1.82, 2.24) is 10.2 Å². The van der Waals surface area contributed by atoms with Gasteiger partial charge in [-0.1, -0.05) is 17.7 Å². The third kappa shape index (κ3) is 3.65. The van der Waals surface area contributed by atoms with Gasteiger partial charge in [0.1, 0.15) is 0 Å². The number of carbonyl (C=O) groups excluding carboxylic acids is 1. The summed E-state index contributed by atoms with van der Waals surface area (Å²) in [6.45, 7) is 10.9. The zero-order valence-electron chi connectivity index (χ0n) is 16.6. The molecule has 2 saturated heterocycles. The Morgan fingerprint density at radius 3 is 2.56 bits per heavy atom. The summed E-state index contributed by atoms with van der Waals surface area (Å²) in [7, 11) is -0.385. The van der Waals surface area contributed by atoms with Crippen LogP contribution in [0.1, 0.15) is 51.7 Å². The summed E-state index contributed by atoms with van der Waals surface area (Å²) >= 11 is 6.67. The van der Waals surface area contributed by atoms with E-state index in [2.05, 4.69) is 44.0 Å². The highest BCUT2D eigenvalue weighted by atomic mass is 35.5. The van der Waals surface area contributed by atoms with E-state index in [-0.39, 0.29) is 30.3 Å². The Labute approximate surface area is 166 Å². The maximum Gasteiger partial charge on any atom is 0.494 e. The minimum atomic E-state index is -0.385.